The third-order valence-corrected chi connectivity index (χ3v) is 2.25. The highest BCUT2D eigenvalue weighted by molar-refractivity contribution is 9.11. The van der Waals surface area contributed by atoms with Gasteiger partial charge >= 0.3 is 0 Å². The summed E-state index contributed by atoms with van der Waals surface area (Å²) in [6.07, 6.45) is 3.61. The van der Waals surface area contributed by atoms with Gasteiger partial charge < -0.3 is 0 Å². The Morgan fingerprint density at radius 3 is 2.46 bits per heavy atom. The van der Waals surface area contributed by atoms with E-state index in [0.717, 1.165) is 5.56 Å². The van der Waals surface area contributed by atoms with Crippen molar-refractivity contribution in [1.29, 1.82) is 0 Å². The molecule has 0 aliphatic rings. The standard InChI is InChI=1S/C11H10BrF/c1-9(11(12)13)7-8-10-5-3-2-4-6-10/h2-8H,1H3/b8-7+,11-9?. The van der Waals surface area contributed by atoms with E-state index in [1.807, 2.05) is 36.4 Å². The minimum absolute atomic E-state index is 0.320. The molecular formula is C11H10BrF. The molecule has 0 atom stereocenters. The van der Waals surface area contributed by atoms with Crippen LogP contribution in [0.5, 0.6) is 0 Å². The van der Waals surface area contributed by atoms with E-state index in [9.17, 15) is 4.39 Å². The predicted octanol–water partition coefficient (Wildman–Crippen LogP) is 4.30. The predicted molar refractivity (Wildman–Crippen MR) is 58.2 cm³/mol. The lowest BCUT2D eigenvalue weighted by Gasteiger charge is -1.92. The van der Waals surface area contributed by atoms with Gasteiger partial charge in [-0.3, -0.25) is 0 Å². The van der Waals surface area contributed by atoms with Crippen molar-refractivity contribution in [3.05, 3.63) is 52.3 Å². The van der Waals surface area contributed by atoms with Crippen molar-refractivity contribution in [3.8, 4) is 0 Å². The molecule has 2 heteroatoms. The molecule has 0 N–H and O–H groups in total. The summed E-state index contributed by atoms with van der Waals surface area (Å²) < 4.78 is 12.2. The van der Waals surface area contributed by atoms with Crippen molar-refractivity contribution >= 4 is 22.0 Å². The number of hydrogen-bond acceptors (Lipinski definition) is 0. The van der Waals surface area contributed by atoms with Crippen LogP contribution in [0.3, 0.4) is 0 Å². The monoisotopic (exact) mass is 240 g/mol. The molecule has 1 aromatic rings. The smallest absolute Gasteiger partial charge is 0.168 e. The van der Waals surface area contributed by atoms with Gasteiger partial charge in [0, 0.05) is 0 Å². The number of rotatable bonds is 2. The van der Waals surface area contributed by atoms with Gasteiger partial charge in [0.05, 0.1) is 0 Å². The summed E-state index contributed by atoms with van der Waals surface area (Å²) in [7, 11) is 0. The van der Waals surface area contributed by atoms with Gasteiger partial charge in [-0.1, -0.05) is 42.5 Å². The average Bonchev–Trinajstić information content (AvgIpc) is 2.15. The third-order valence-electron chi connectivity index (χ3n) is 1.62. The number of hydrogen-bond donors (Lipinski definition) is 0. The van der Waals surface area contributed by atoms with Gasteiger partial charge in [0.2, 0.25) is 0 Å². The molecule has 0 unspecified atom stereocenters. The van der Waals surface area contributed by atoms with E-state index in [2.05, 4.69) is 15.9 Å². The van der Waals surface area contributed by atoms with Gasteiger partial charge in [0.25, 0.3) is 0 Å². The summed E-state index contributed by atoms with van der Waals surface area (Å²) in [5.41, 5.74) is 1.65. The maximum atomic E-state index is 12.5. The summed E-state index contributed by atoms with van der Waals surface area (Å²) in [5, 5.41) is 0. The summed E-state index contributed by atoms with van der Waals surface area (Å²) in [4.78, 5) is 0. The molecule has 0 aliphatic heterocycles. The minimum atomic E-state index is -0.320. The van der Waals surface area contributed by atoms with E-state index in [4.69, 9.17) is 0 Å². The summed E-state index contributed by atoms with van der Waals surface area (Å²) >= 11 is 2.78. The molecule has 0 saturated carbocycles. The first kappa shape index (κ1) is 10.2. The fourth-order valence-electron chi connectivity index (χ4n) is 0.848. The van der Waals surface area contributed by atoms with Crippen LogP contribution in [-0.4, -0.2) is 0 Å². The van der Waals surface area contributed by atoms with Crippen molar-refractivity contribution in [2.45, 2.75) is 6.92 Å². The second-order valence-electron chi connectivity index (χ2n) is 2.69. The Balaban J connectivity index is 2.76. The summed E-state index contributed by atoms with van der Waals surface area (Å²) in [5.74, 6) is 0. The molecular weight excluding hydrogens is 231 g/mol. The molecule has 0 amide bonds. The molecule has 0 saturated heterocycles. The second kappa shape index (κ2) is 4.97. The molecule has 1 aromatic carbocycles. The van der Waals surface area contributed by atoms with Crippen LogP contribution in [-0.2, 0) is 0 Å². The van der Waals surface area contributed by atoms with Crippen LogP contribution < -0.4 is 0 Å². The van der Waals surface area contributed by atoms with Crippen LogP contribution in [0.25, 0.3) is 6.08 Å². The fraction of sp³-hybridized carbons (Fsp3) is 0.0909. The van der Waals surface area contributed by atoms with Crippen LogP contribution in [0.2, 0.25) is 0 Å². The quantitative estimate of drug-likeness (QED) is 0.677. The highest BCUT2D eigenvalue weighted by Crippen LogP contribution is 2.14. The Bertz CT molecular complexity index is 321. The molecule has 0 bridgehead atoms. The van der Waals surface area contributed by atoms with Gasteiger partial charge in [0.1, 0.15) is 0 Å². The number of benzene rings is 1. The zero-order chi connectivity index (χ0) is 9.68. The molecule has 0 heterocycles. The van der Waals surface area contributed by atoms with Gasteiger partial charge in [-0.15, -0.1) is 0 Å². The lowest BCUT2D eigenvalue weighted by Crippen LogP contribution is -1.71. The van der Waals surface area contributed by atoms with Gasteiger partial charge in [0.15, 0.2) is 4.74 Å². The SMILES string of the molecule is CC(/C=C/c1ccccc1)=C(F)Br. The van der Waals surface area contributed by atoms with Crippen molar-refractivity contribution < 1.29 is 4.39 Å². The molecule has 0 radical (unpaired) electrons. The van der Waals surface area contributed by atoms with E-state index in [1.54, 1.807) is 13.0 Å². The first-order valence-electron chi connectivity index (χ1n) is 3.95. The zero-order valence-electron chi connectivity index (χ0n) is 7.30. The summed E-state index contributed by atoms with van der Waals surface area (Å²) in [6, 6.07) is 9.78. The Morgan fingerprint density at radius 2 is 1.92 bits per heavy atom. The van der Waals surface area contributed by atoms with Crippen LogP contribution in [0.15, 0.2) is 46.7 Å². The normalized spacial score (nSPS) is 13.2. The Kier molecular flexibility index (Phi) is 3.90. The highest BCUT2D eigenvalue weighted by Gasteiger charge is 1.90. The Hall–Kier alpha value is -0.890. The molecule has 0 aliphatic carbocycles. The van der Waals surface area contributed by atoms with Gasteiger partial charge in [-0.05, 0) is 34.0 Å². The minimum Gasteiger partial charge on any atom is -0.199 e. The molecule has 0 aromatic heterocycles. The van der Waals surface area contributed by atoms with Crippen LogP contribution in [0.1, 0.15) is 12.5 Å². The van der Waals surface area contributed by atoms with Crippen LogP contribution in [0, 0.1) is 0 Å². The highest BCUT2D eigenvalue weighted by atomic mass is 79.9. The third kappa shape index (κ3) is 3.55. The molecule has 0 fully saturated rings. The van der Waals surface area contributed by atoms with Crippen molar-refractivity contribution in [1.82, 2.24) is 0 Å². The Labute approximate surface area is 85.9 Å². The van der Waals surface area contributed by atoms with Crippen LogP contribution in [0.4, 0.5) is 4.39 Å². The Morgan fingerprint density at radius 1 is 1.31 bits per heavy atom. The van der Waals surface area contributed by atoms with Gasteiger partial charge in [-0.2, -0.15) is 4.39 Å². The van der Waals surface area contributed by atoms with Gasteiger partial charge in [-0.25, -0.2) is 0 Å². The molecule has 0 nitrogen and oxygen atoms in total. The molecule has 13 heavy (non-hydrogen) atoms. The van der Waals surface area contributed by atoms with Crippen molar-refractivity contribution in [2.75, 3.05) is 0 Å². The maximum Gasteiger partial charge on any atom is 0.168 e. The van der Waals surface area contributed by atoms with E-state index in [-0.39, 0.29) is 4.74 Å². The van der Waals surface area contributed by atoms with E-state index < -0.39 is 0 Å². The van der Waals surface area contributed by atoms with E-state index in [0.29, 0.717) is 5.57 Å². The lowest BCUT2D eigenvalue weighted by molar-refractivity contribution is 0.697. The average molecular weight is 241 g/mol. The van der Waals surface area contributed by atoms with Crippen molar-refractivity contribution in [2.24, 2.45) is 0 Å². The van der Waals surface area contributed by atoms with E-state index >= 15 is 0 Å². The molecule has 68 valence electrons. The van der Waals surface area contributed by atoms with Crippen LogP contribution >= 0.6 is 15.9 Å². The second-order valence-corrected chi connectivity index (χ2v) is 3.38. The molecule has 1 rings (SSSR count). The lowest BCUT2D eigenvalue weighted by atomic mass is 10.2. The maximum absolute atomic E-state index is 12.5. The fourth-order valence-corrected chi connectivity index (χ4v) is 0.981. The first-order valence-corrected chi connectivity index (χ1v) is 4.74. The largest absolute Gasteiger partial charge is 0.199 e. The topological polar surface area (TPSA) is 0 Å². The zero-order valence-corrected chi connectivity index (χ0v) is 8.88. The number of allylic oxidation sites excluding steroid dienone is 2. The molecule has 0 spiro atoms. The van der Waals surface area contributed by atoms with E-state index in [1.165, 1.54) is 0 Å². The van der Waals surface area contributed by atoms with Crippen molar-refractivity contribution in [3.63, 3.8) is 0 Å². The summed E-state index contributed by atoms with van der Waals surface area (Å²) in [6.45, 7) is 1.71. The first-order chi connectivity index (χ1) is 6.20. The number of halogens is 2.